The molecule has 6 heteroatoms. The highest BCUT2D eigenvalue weighted by Gasteiger charge is 2.13. The third-order valence-corrected chi connectivity index (χ3v) is 6.00. The Bertz CT molecular complexity index is 224. The van der Waals surface area contributed by atoms with Crippen LogP contribution in [-0.4, -0.2) is 50.5 Å². The standard InChI is InChI=1S/C20H42O4S2/c1-5-9-13-21-19(22-14-10-6-2)17-25-26-18-20(23-15-11-7-3)24-16-12-8-4/h19-20H,5-18H2,1-4H3. The molecule has 0 aromatic heterocycles. The second kappa shape index (κ2) is 21.8. The van der Waals surface area contributed by atoms with E-state index in [1.807, 2.05) is 0 Å². The van der Waals surface area contributed by atoms with Crippen molar-refractivity contribution in [3.8, 4) is 0 Å². The number of unbranched alkanes of at least 4 members (excludes halogenated alkanes) is 4. The van der Waals surface area contributed by atoms with Gasteiger partial charge in [0.15, 0.2) is 12.6 Å². The minimum Gasteiger partial charge on any atom is -0.352 e. The summed E-state index contributed by atoms with van der Waals surface area (Å²) in [6.07, 6.45) is 8.73. The van der Waals surface area contributed by atoms with E-state index in [1.165, 1.54) is 0 Å². The molecule has 0 saturated heterocycles. The molecule has 0 aliphatic rings. The molecular weight excluding hydrogens is 368 g/mol. The molecule has 0 radical (unpaired) electrons. The quantitative estimate of drug-likeness (QED) is 0.126. The average molecular weight is 411 g/mol. The third kappa shape index (κ3) is 17.9. The SMILES string of the molecule is CCCCOC(CSSCC(OCCCC)OCCCC)OCCCC. The van der Waals surface area contributed by atoms with Gasteiger partial charge in [0.2, 0.25) is 0 Å². The van der Waals surface area contributed by atoms with Crippen molar-refractivity contribution >= 4 is 21.6 Å². The number of hydrogen-bond donors (Lipinski definition) is 0. The molecular formula is C20H42O4S2. The molecule has 0 rings (SSSR count). The maximum atomic E-state index is 5.88. The average Bonchev–Trinajstić information content (AvgIpc) is 2.64. The Morgan fingerprint density at radius 3 is 1.00 bits per heavy atom. The Hall–Kier alpha value is 0.540. The van der Waals surface area contributed by atoms with Gasteiger partial charge in [0.05, 0.1) is 11.5 Å². The molecule has 0 aliphatic heterocycles. The summed E-state index contributed by atoms with van der Waals surface area (Å²) < 4.78 is 23.5. The van der Waals surface area contributed by atoms with Crippen molar-refractivity contribution in [2.75, 3.05) is 37.9 Å². The van der Waals surface area contributed by atoms with Gasteiger partial charge in [-0.2, -0.15) is 0 Å². The lowest BCUT2D eigenvalue weighted by atomic mass is 10.4. The Labute approximate surface area is 170 Å². The molecule has 0 fully saturated rings. The fraction of sp³-hybridized carbons (Fsp3) is 1.00. The highest BCUT2D eigenvalue weighted by Crippen LogP contribution is 2.25. The van der Waals surface area contributed by atoms with Gasteiger partial charge >= 0.3 is 0 Å². The summed E-state index contributed by atoms with van der Waals surface area (Å²) in [4.78, 5) is 0. The van der Waals surface area contributed by atoms with Crippen LogP contribution in [0.3, 0.4) is 0 Å². The molecule has 4 nitrogen and oxygen atoms in total. The van der Waals surface area contributed by atoms with E-state index >= 15 is 0 Å². The molecule has 0 bridgehead atoms. The first-order valence-corrected chi connectivity index (χ1v) is 13.0. The molecule has 0 aromatic carbocycles. The lowest BCUT2D eigenvalue weighted by Gasteiger charge is -2.20. The van der Waals surface area contributed by atoms with Gasteiger partial charge < -0.3 is 18.9 Å². The minimum absolute atomic E-state index is 0.105. The maximum Gasteiger partial charge on any atom is 0.167 e. The van der Waals surface area contributed by atoms with Crippen LogP contribution in [-0.2, 0) is 18.9 Å². The molecule has 0 aromatic rings. The predicted molar refractivity (Wildman–Crippen MR) is 116 cm³/mol. The second-order valence-corrected chi connectivity index (χ2v) is 8.88. The van der Waals surface area contributed by atoms with E-state index in [0.29, 0.717) is 0 Å². The van der Waals surface area contributed by atoms with Crippen LogP contribution in [0.4, 0.5) is 0 Å². The largest absolute Gasteiger partial charge is 0.352 e. The molecule has 0 heterocycles. The van der Waals surface area contributed by atoms with Crippen LogP contribution < -0.4 is 0 Å². The van der Waals surface area contributed by atoms with Crippen LogP contribution in [0.5, 0.6) is 0 Å². The summed E-state index contributed by atoms with van der Waals surface area (Å²) in [6, 6.07) is 0. The first-order chi connectivity index (χ1) is 12.8. The Morgan fingerprint density at radius 2 is 0.769 bits per heavy atom. The molecule has 0 aliphatic carbocycles. The summed E-state index contributed by atoms with van der Waals surface area (Å²) in [5.41, 5.74) is 0. The fourth-order valence-corrected chi connectivity index (χ4v) is 3.98. The van der Waals surface area contributed by atoms with Crippen molar-refractivity contribution < 1.29 is 18.9 Å². The van der Waals surface area contributed by atoms with E-state index in [-0.39, 0.29) is 12.6 Å². The van der Waals surface area contributed by atoms with E-state index in [1.54, 1.807) is 21.6 Å². The first kappa shape index (κ1) is 26.5. The van der Waals surface area contributed by atoms with Crippen molar-refractivity contribution in [2.45, 2.75) is 91.6 Å². The molecule has 0 atom stereocenters. The highest BCUT2D eigenvalue weighted by atomic mass is 33.1. The third-order valence-electron chi connectivity index (χ3n) is 3.70. The van der Waals surface area contributed by atoms with Crippen LogP contribution >= 0.6 is 21.6 Å². The zero-order chi connectivity index (χ0) is 19.3. The molecule has 158 valence electrons. The van der Waals surface area contributed by atoms with Gasteiger partial charge in [0.25, 0.3) is 0 Å². The Morgan fingerprint density at radius 1 is 0.500 bits per heavy atom. The maximum absolute atomic E-state index is 5.88. The van der Waals surface area contributed by atoms with Gasteiger partial charge in [-0.25, -0.2) is 0 Å². The molecule has 26 heavy (non-hydrogen) atoms. The van der Waals surface area contributed by atoms with Crippen LogP contribution in [0.25, 0.3) is 0 Å². The van der Waals surface area contributed by atoms with Crippen LogP contribution in [0.2, 0.25) is 0 Å². The van der Waals surface area contributed by atoms with E-state index in [4.69, 9.17) is 18.9 Å². The van der Waals surface area contributed by atoms with Gasteiger partial charge in [-0.15, -0.1) is 0 Å². The summed E-state index contributed by atoms with van der Waals surface area (Å²) in [7, 11) is 3.58. The normalized spacial score (nSPS) is 11.8. The lowest BCUT2D eigenvalue weighted by molar-refractivity contribution is -0.128. The number of hydrogen-bond acceptors (Lipinski definition) is 6. The summed E-state index contributed by atoms with van der Waals surface area (Å²) in [5, 5.41) is 0. The van der Waals surface area contributed by atoms with Gasteiger partial charge in [-0.1, -0.05) is 75.0 Å². The van der Waals surface area contributed by atoms with Gasteiger partial charge in [0.1, 0.15) is 0 Å². The minimum atomic E-state index is -0.105. The number of ether oxygens (including phenoxy) is 4. The van der Waals surface area contributed by atoms with Crippen molar-refractivity contribution in [3.05, 3.63) is 0 Å². The molecule has 0 saturated carbocycles. The van der Waals surface area contributed by atoms with Crippen LogP contribution in [0.1, 0.15) is 79.1 Å². The monoisotopic (exact) mass is 410 g/mol. The summed E-state index contributed by atoms with van der Waals surface area (Å²) in [5.74, 6) is 1.68. The number of rotatable bonds is 21. The molecule has 0 amide bonds. The second-order valence-electron chi connectivity index (χ2n) is 6.33. The van der Waals surface area contributed by atoms with Crippen molar-refractivity contribution in [1.29, 1.82) is 0 Å². The van der Waals surface area contributed by atoms with Crippen molar-refractivity contribution in [2.24, 2.45) is 0 Å². The Balaban J connectivity index is 4.04. The smallest absolute Gasteiger partial charge is 0.167 e. The first-order valence-electron chi connectivity index (χ1n) is 10.5. The molecule has 0 unspecified atom stereocenters. The van der Waals surface area contributed by atoms with Crippen LogP contribution in [0, 0.1) is 0 Å². The zero-order valence-electron chi connectivity index (χ0n) is 17.5. The van der Waals surface area contributed by atoms with E-state index < -0.39 is 0 Å². The summed E-state index contributed by atoms with van der Waals surface area (Å²) in [6.45, 7) is 11.8. The predicted octanol–water partition coefficient (Wildman–Crippen LogP) is 6.29. The van der Waals surface area contributed by atoms with Gasteiger partial charge in [-0.3, -0.25) is 0 Å². The fourth-order valence-electron chi connectivity index (χ4n) is 1.93. The lowest BCUT2D eigenvalue weighted by Crippen LogP contribution is -2.22. The van der Waals surface area contributed by atoms with Gasteiger partial charge in [0, 0.05) is 26.4 Å². The zero-order valence-corrected chi connectivity index (χ0v) is 19.1. The summed E-state index contributed by atoms with van der Waals surface area (Å²) >= 11 is 0. The highest BCUT2D eigenvalue weighted by molar-refractivity contribution is 8.76. The van der Waals surface area contributed by atoms with E-state index in [2.05, 4.69) is 27.7 Å². The topological polar surface area (TPSA) is 36.9 Å². The van der Waals surface area contributed by atoms with Crippen LogP contribution in [0.15, 0.2) is 0 Å². The van der Waals surface area contributed by atoms with E-state index in [0.717, 1.165) is 89.3 Å². The van der Waals surface area contributed by atoms with Crippen molar-refractivity contribution in [3.63, 3.8) is 0 Å². The van der Waals surface area contributed by atoms with E-state index in [9.17, 15) is 0 Å². The molecule has 0 spiro atoms. The molecule has 0 N–H and O–H groups in total. The Kier molecular flexibility index (Phi) is 22.3. The van der Waals surface area contributed by atoms with Gasteiger partial charge in [-0.05, 0) is 25.7 Å². The van der Waals surface area contributed by atoms with Crippen molar-refractivity contribution in [1.82, 2.24) is 0 Å².